The zero-order chi connectivity index (χ0) is 20.6. The van der Waals surface area contributed by atoms with Crippen LogP contribution in [0.5, 0.6) is 5.75 Å². The molecule has 4 rings (SSSR count). The maximum atomic E-state index is 13.1. The number of ether oxygens (including phenoxy) is 1. The van der Waals surface area contributed by atoms with E-state index in [1.807, 2.05) is 55.5 Å². The van der Waals surface area contributed by atoms with E-state index in [4.69, 9.17) is 4.74 Å². The number of nitrogens with zero attached hydrogens (tertiary/aromatic N) is 2. The zero-order valence-corrected chi connectivity index (χ0v) is 16.7. The number of aryl methyl sites for hydroxylation is 1. The first-order valence-electron chi connectivity index (χ1n) is 9.52. The molecule has 1 heterocycles. The number of methoxy groups -OCH3 is 1. The molecule has 2 unspecified atom stereocenters. The van der Waals surface area contributed by atoms with Crippen molar-refractivity contribution in [2.24, 2.45) is 0 Å². The molecule has 29 heavy (non-hydrogen) atoms. The van der Waals surface area contributed by atoms with Gasteiger partial charge in [0, 0.05) is 12.6 Å². The van der Waals surface area contributed by atoms with Crippen molar-refractivity contribution in [3.05, 3.63) is 101 Å². The zero-order valence-electron chi connectivity index (χ0n) is 16.7. The van der Waals surface area contributed by atoms with Crippen LogP contribution in [0.4, 0.5) is 0 Å². The molecule has 0 bridgehead atoms. The number of benzene rings is 3. The second-order valence-electron chi connectivity index (χ2n) is 7.40. The summed E-state index contributed by atoms with van der Waals surface area (Å²) in [5, 5.41) is 10.3. The van der Waals surface area contributed by atoms with Gasteiger partial charge >= 0.3 is 0 Å². The average Bonchev–Trinajstić information content (AvgIpc) is 2.77. The van der Waals surface area contributed by atoms with E-state index in [2.05, 4.69) is 18.2 Å². The largest absolute Gasteiger partial charge is 0.497 e. The molecule has 144 valence electrons. The van der Waals surface area contributed by atoms with Crippen LogP contribution in [0.15, 0.2) is 72.8 Å². The number of rotatable bonds is 3. The summed E-state index contributed by atoms with van der Waals surface area (Å²) in [6, 6.07) is 25.4. The van der Waals surface area contributed by atoms with Crippen molar-refractivity contribution in [1.29, 1.82) is 5.26 Å². The monoisotopic (exact) mass is 382 g/mol. The number of nitriles is 1. The van der Waals surface area contributed by atoms with Gasteiger partial charge in [-0.25, -0.2) is 0 Å². The van der Waals surface area contributed by atoms with Crippen LogP contribution in [0.3, 0.4) is 0 Å². The summed E-state index contributed by atoms with van der Waals surface area (Å²) in [5.41, 5.74) is 3.61. The molecule has 1 aliphatic rings. The second kappa shape index (κ2) is 7.10. The van der Waals surface area contributed by atoms with E-state index in [0.29, 0.717) is 11.3 Å². The third-order valence-corrected chi connectivity index (χ3v) is 5.86. The predicted octanol–water partition coefficient (Wildman–Crippen LogP) is 4.32. The number of hydrogen-bond acceptors (Lipinski definition) is 3. The molecule has 0 fully saturated rings. The van der Waals surface area contributed by atoms with Gasteiger partial charge in [-0.3, -0.25) is 4.79 Å². The molecule has 0 N–H and O–H groups in total. The van der Waals surface area contributed by atoms with Crippen LogP contribution in [0.1, 0.15) is 32.6 Å². The fourth-order valence-electron chi connectivity index (χ4n) is 4.40. The molecule has 4 nitrogen and oxygen atoms in total. The second-order valence-corrected chi connectivity index (χ2v) is 7.40. The highest BCUT2D eigenvalue weighted by molar-refractivity contribution is 5.99. The molecule has 1 amide bonds. The van der Waals surface area contributed by atoms with Crippen molar-refractivity contribution in [3.8, 4) is 11.8 Å². The topological polar surface area (TPSA) is 53.3 Å². The number of likely N-dealkylation sites (N-methyl/N-ethyl adjacent to an activating group) is 1. The standard InChI is InChI=1S/C25H22N2O2/c1-17-9-11-19(12-10-17)25(18-7-5-4-6-8-18)22-15-20(29-3)13-14-21(22)24(28)27(2)23(25)16-26/h4-15,23H,1-3H3. The molecular weight excluding hydrogens is 360 g/mol. The van der Waals surface area contributed by atoms with E-state index in [1.54, 1.807) is 31.2 Å². The lowest BCUT2D eigenvalue weighted by Crippen LogP contribution is -2.56. The third kappa shape index (κ3) is 2.70. The lowest BCUT2D eigenvalue weighted by molar-refractivity contribution is 0.0700. The fourth-order valence-corrected chi connectivity index (χ4v) is 4.40. The molecule has 3 aromatic carbocycles. The van der Waals surface area contributed by atoms with Gasteiger partial charge in [0.1, 0.15) is 11.8 Å². The first-order chi connectivity index (χ1) is 14.0. The van der Waals surface area contributed by atoms with Crippen molar-refractivity contribution in [2.75, 3.05) is 14.2 Å². The van der Waals surface area contributed by atoms with Crippen molar-refractivity contribution in [3.63, 3.8) is 0 Å². The SMILES string of the molecule is COc1ccc2c(c1)C(c1ccccc1)(c1ccc(C)cc1)C(C#N)N(C)C2=O. The Kier molecular flexibility index (Phi) is 4.60. The van der Waals surface area contributed by atoms with Crippen molar-refractivity contribution in [1.82, 2.24) is 4.90 Å². The predicted molar refractivity (Wildman–Crippen MR) is 112 cm³/mol. The normalized spacial score (nSPS) is 20.7. The summed E-state index contributed by atoms with van der Waals surface area (Å²) in [4.78, 5) is 14.7. The van der Waals surface area contributed by atoms with Crippen molar-refractivity contribution >= 4 is 5.91 Å². The lowest BCUT2D eigenvalue weighted by atomic mass is 9.61. The molecule has 0 spiro atoms. The van der Waals surface area contributed by atoms with Gasteiger partial charge in [-0.15, -0.1) is 0 Å². The van der Waals surface area contributed by atoms with Crippen LogP contribution in [-0.4, -0.2) is 31.0 Å². The summed E-state index contributed by atoms with van der Waals surface area (Å²) in [6.07, 6.45) is 0. The minimum Gasteiger partial charge on any atom is -0.497 e. The number of hydrogen-bond donors (Lipinski definition) is 0. The Labute approximate surface area is 171 Å². The van der Waals surface area contributed by atoms with Gasteiger partial charge in [0.2, 0.25) is 0 Å². The first kappa shape index (κ1) is 18.8. The maximum absolute atomic E-state index is 13.1. The molecule has 0 aromatic heterocycles. The van der Waals surface area contributed by atoms with E-state index in [9.17, 15) is 10.1 Å². The quantitative estimate of drug-likeness (QED) is 0.678. The van der Waals surface area contributed by atoms with E-state index in [0.717, 1.165) is 22.3 Å². The van der Waals surface area contributed by atoms with Crippen LogP contribution in [0.25, 0.3) is 0 Å². The Bertz CT molecular complexity index is 1100. The van der Waals surface area contributed by atoms with Gasteiger partial charge in [-0.05, 0) is 41.8 Å². The summed E-state index contributed by atoms with van der Waals surface area (Å²) in [5.74, 6) is 0.498. The van der Waals surface area contributed by atoms with Crippen molar-refractivity contribution in [2.45, 2.75) is 18.4 Å². The molecule has 1 aliphatic heterocycles. The van der Waals surface area contributed by atoms with Crippen LogP contribution < -0.4 is 4.74 Å². The van der Waals surface area contributed by atoms with Gasteiger partial charge in [-0.1, -0.05) is 60.2 Å². The maximum Gasteiger partial charge on any atom is 0.255 e. The van der Waals surface area contributed by atoms with Gasteiger partial charge in [0.25, 0.3) is 5.91 Å². The number of fused-ring (bicyclic) bond motifs is 1. The van der Waals surface area contributed by atoms with Crippen molar-refractivity contribution < 1.29 is 9.53 Å². The van der Waals surface area contributed by atoms with Gasteiger partial charge in [0.15, 0.2) is 0 Å². The highest BCUT2D eigenvalue weighted by Gasteiger charge is 2.52. The summed E-state index contributed by atoms with van der Waals surface area (Å²) in [7, 11) is 3.31. The summed E-state index contributed by atoms with van der Waals surface area (Å²) < 4.78 is 5.49. The summed E-state index contributed by atoms with van der Waals surface area (Å²) in [6.45, 7) is 2.04. The Morgan fingerprint density at radius 2 is 1.66 bits per heavy atom. The minimum atomic E-state index is -0.837. The molecule has 2 atom stereocenters. The van der Waals surface area contributed by atoms with Crippen LogP contribution in [-0.2, 0) is 5.41 Å². The number of carbonyl (C=O) groups is 1. The Hall–Kier alpha value is -3.58. The average molecular weight is 382 g/mol. The highest BCUT2D eigenvalue weighted by Crippen LogP contribution is 2.49. The Balaban J connectivity index is 2.18. The Morgan fingerprint density at radius 1 is 1.00 bits per heavy atom. The fraction of sp³-hybridized carbons (Fsp3) is 0.200. The van der Waals surface area contributed by atoms with Gasteiger partial charge in [0.05, 0.1) is 18.6 Å². The summed E-state index contributed by atoms with van der Waals surface area (Å²) >= 11 is 0. The van der Waals surface area contributed by atoms with E-state index in [1.165, 1.54) is 0 Å². The number of carbonyl (C=O) groups excluding carboxylic acids is 1. The smallest absolute Gasteiger partial charge is 0.255 e. The molecule has 3 aromatic rings. The van der Waals surface area contributed by atoms with Gasteiger partial charge in [-0.2, -0.15) is 5.26 Å². The molecular formula is C25H22N2O2. The molecule has 0 saturated carbocycles. The minimum absolute atomic E-state index is 0.159. The molecule has 0 radical (unpaired) electrons. The third-order valence-electron chi connectivity index (χ3n) is 5.86. The van der Waals surface area contributed by atoms with E-state index >= 15 is 0 Å². The molecule has 0 saturated heterocycles. The first-order valence-corrected chi connectivity index (χ1v) is 9.52. The highest BCUT2D eigenvalue weighted by atomic mass is 16.5. The van der Waals surface area contributed by atoms with Crippen LogP contribution >= 0.6 is 0 Å². The number of amides is 1. The van der Waals surface area contributed by atoms with Crippen LogP contribution in [0, 0.1) is 18.3 Å². The Morgan fingerprint density at radius 3 is 2.28 bits per heavy atom. The van der Waals surface area contributed by atoms with E-state index < -0.39 is 11.5 Å². The lowest BCUT2D eigenvalue weighted by Gasteiger charge is -2.47. The molecule has 4 heteroatoms. The molecule has 0 aliphatic carbocycles. The van der Waals surface area contributed by atoms with E-state index in [-0.39, 0.29) is 5.91 Å². The van der Waals surface area contributed by atoms with Crippen LogP contribution in [0.2, 0.25) is 0 Å². The van der Waals surface area contributed by atoms with Gasteiger partial charge < -0.3 is 9.64 Å².